The van der Waals surface area contributed by atoms with E-state index >= 15 is 0 Å². The minimum absolute atomic E-state index is 0.00509. The fourth-order valence-corrected chi connectivity index (χ4v) is 4.04. The van der Waals surface area contributed by atoms with Crippen LogP contribution in [0.3, 0.4) is 0 Å². The lowest BCUT2D eigenvalue weighted by Gasteiger charge is -2.32. The van der Waals surface area contributed by atoms with Crippen LogP contribution in [-0.2, 0) is 11.8 Å². The molecule has 0 bridgehead atoms. The Hall–Kier alpha value is -2.41. The molecule has 1 aliphatic heterocycles. The van der Waals surface area contributed by atoms with Gasteiger partial charge in [0.15, 0.2) is 0 Å². The molecule has 2 fully saturated rings. The summed E-state index contributed by atoms with van der Waals surface area (Å²) in [6.07, 6.45) is 8.61. The van der Waals surface area contributed by atoms with Crippen LogP contribution in [0.2, 0.25) is 0 Å². The van der Waals surface area contributed by atoms with Gasteiger partial charge in [0.2, 0.25) is 0 Å². The van der Waals surface area contributed by atoms with Gasteiger partial charge >= 0.3 is 6.03 Å². The van der Waals surface area contributed by atoms with Gasteiger partial charge in [-0.15, -0.1) is 0 Å². The number of carbonyl (C=O) groups excluding carboxylic acids is 1. The fraction of sp³-hybridized carbons (Fsp3) is 0.526. The number of anilines is 1. The molecule has 0 aromatic carbocycles. The van der Waals surface area contributed by atoms with Crippen molar-refractivity contribution in [2.75, 3.05) is 11.9 Å². The molecule has 3 heterocycles. The lowest BCUT2D eigenvalue weighted by molar-refractivity contribution is -0.0245. The second-order valence-electron chi connectivity index (χ2n) is 7.31. The van der Waals surface area contributed by atoms with E-state index in [0.29, 0.717) is 12.4 Å². The smallest absolute Gasteiger partial charge is 0.320 e. The maximum atomic E-state index is 12.4. The van der Waals surface area contributed by atoms with Crippen molar-refractivity contribution < 1.29 is 9.53 Å². The molecule has 7 heteroatoms. The van der Waals surface area contributed by atoms with Gasteiger partial charge in [-0.05, 0) is 31.4 Å². The van der Waals surface area contributed by atoms with E-state index in [0.717, 1.165) is 30.7 Å². The SMILES string of the molecule is Cn1nc(-c2ccccn2)cc1NC(=O)NC1COC2(CCCCC2)C1. The first kappa shape index (κ1) is 17.0. The van der Waals surface area contributed by atoms with Gasteiger partial charge in [0.1, 0.15) is 11.5 Å². The second-order valence-corrected chi connectivity index (χ2v) is 7.31. The standard InChI is InChI=1S/C19H25N5O2/c1-24-17(11-16(23-24)15-7-3-6-10-20-15)22-18(25)21-14-12-19(26-13-14)8-4-2-5-9-19/h3,6-7,10-11,14H,2,4-5,8-9,12-13H2,1H3,(H2,21,22,25). The molecule has 1 aliphatic carbocycles. The average molecular weight is 355 g/mol. The molecule has 1 saturated heterocycles. The normalized spacial score (nSPS) is 21.7. The first-order chi connectivity index (χ1) is 12.6. The van der Waals surface area contributed by atoms with E-state index in [-0.39, 0.29) is 17.7 Å². The van der Waals surface area contributed by atoms with Gasteiger partial charge in [-0.25, -0.2) is 4.79 Å². The van der Waals surface area contributed by atoms with Crippen LogP contribution in [0.25, 0.3) is 11.4 Å². The fourth-order valence-electron chi connectivity index (χ4n) is 4.04. The molecule has 1 spiro atoms. The van der Waals surface area contributed by atoms with E-state index in [9.17, 15) is 4.79 Å². The predicted octanol–water partition coefficient (Wildman–Crippen LogP) is 3.10. The maximum Gasteiger partial charge on any atom is 0.320 e. The molecule has 2 aliphatic rings. The first-order valence-corrected chi connectivity index (χ1v) is 9.31. The van der Waals surface area contributed by atoms with Gasteiger partial charge in [0, 0.05) is 19.3 Å². The second kappa shape index (κ2) is 7.07. The van der Waals surface area contributed by atoms with Gasteiger partial charge in [0.25, 0.3) is 0 Å². The summed E-state index contributed by atoms with van der Waals surface area (Å²) >= 11 is 0. The Labute approximate surface area is 153 Å². The van der Waals surface area contributed by atoms with Crippen molar-refractivity contribution in [3.63, 3.8) is 0 Å². The number of hydrogen-bond acceptors (Lipinski definition) is 4. The van der Waals surface area contributed by atoms with Gasteiger partial charge in [-0.1, -0.05) is 25.3 Å². The number of aryl methyl sites for hydroxylation is 1. The van der Waals surface area contributed by atoms with Crippen LogP contribution >= 0.6 is 0 Å². The average Bonchev–Trinajstić information content (AvgIpc) is 3.20. The number of pyridine rings is 1. The summed E-state index contributed by atoms with van der Waals surface area (Å²) in [5.74, 6) is 0.634. The van der Waals surface area contributed by atoms with Crippen LogP contribution in [0, 0.1) is 0 Å². The highest BCUT2D eigenvalue weighted by atomic mass is 16.5. The number of nitrogens with zero attached hydrogens (tertiary/aromatic N) is 3. The maximum absolute atomic E-state index is 12.4. The molecule has 2 amide bonds. The van der Waals surface area contributed by atoms with E-state index in [1.54, 1.807) is 17.9 Å². The van der Waals surface area contributed by atoms with Crippen LogP contribution < -0.4 is 10.6 Å². The molecular formula is C19H25N5O2. The Morgan fingerprint density at radius 2 is 2.12 bits per heavy atom. The summed E-state index contributed by atoms with van der Waals surface area (Å²) in [7, 11) is 1.80. The van der Waals surface area contributed by atoms with E-state index in [1.165, 1.54) is 19.3 Å². The van der Waals surface area contributed by atoms with Crippen molar-refractivity contribution in [3.05, 3.63) is 30.5 Å². The van der Waals surface area contributed by atoms with Gasteiger partial charge in [-0.3, -0.25) is 15.0 Å². The van der Waals surface area contributed by atoms with E-state index in [4.69, 9.17) is 4.74 Å². The zero-order valence-electron chi connectivity index (χ0n) is 15.1. The van der Waals surface area contributed by atoms with Gasteiger partial charge in [-0.2, -0.15) is 5.10 Å². The number of rotatable bonds is 3. The predicted molar refractivity (Wildman–Crippen MR) is 98.8 cm³/mol. The van der Waals surface area contributed by atoms with Crippen LogP contribution in [0.1, 0.15) is 38.5 Å². The highest BCUT2D eigenvalue weighted by Crippen LogP contribution is 2.39. The van der Waals surface area contributed by atoms with Gasteiger partial charge < -0.3 is 10.1 Å². The summed E-state index contributed by atoms with van der Waals surface area (Å²) in [5, 5.41) is 10.4. The van der Waals surface area contributed by atoms with E-state index < -0.39 is 0 Å². The van der Waals surface area contributed by atoms with Crippen LogP contribution in [0.4, 0.5) is 10.6 Å². The number of amides is 2. The summed E-state index contributed by atoms with van der Waals surface area (Å²) in [5.41, 5.74) is 1.50. The topological polar surface area (TPSA) is 81.1 Å². The Balaban J connectivity index is 1.36. The van der Waals surface area contributed by atoms with Crippen LogP contribution in [0.5, 0.6) is 0 Å². The summed E-state index contributed by atoms with van der Waals surface area (Å²) < 4.78 is 7.71. The molecule has 2 aromatic heterocycles. The molecule has 26 heavy (non-hydrogen) atoms. The van der Waals surface area contributed by atoms with Crippen LogP contribution in [0.15, 0.2) is 30.5 Å². The third-order valence-electron chi connectivity index (χ3n) is 5.36. The molecule has 138 valence electrons. The number of urea groups is 1. The Bertz CT molecular complexity index is 767. The van der Waals surface area contributed by atoms with Crippen molar-refractivity contribution in [2.24, 2.45) is 7.05 Å². The number of aromatic nitrogens is 3. The quantitative estimate of drug-likeness (QED) is 0.886. The number of nitrogens with one attached hydrogen (secondary N) is 2. The Kier molecular flexibility index (Phi) is 4.63. The lowest BCUT2D eigenvalue weighted by atomic mass is 9.82. The molecule has 2 aromatic rings. The molecule has 0 radical (unpaired) electrons. The summed E-state index contributed by atoms with van der Waals surface area (Å²) in [4.78, 5) is 16.7. The number of hydrogen-bond donors (Lipinski definition) is 2. The van der Waals surface area contributed by atoms with Crippen molar-refractivity contribution in [1.82, 2.24) is 20.1 Å². The highest BCUT2D eigenvalue weighted by molar-refractivity contribution is 5.89. The number of carbonyl (C=O) groups is 1. The van der Waals surface area contributed by atoms with Crippen molar-refractivity contribution >= 4 is 11.8 Å². The van der Waals surface area contributed by atoms with E-state index in [2.05, 4.69) is 20.7 Å². The highest BCUT2D eigenvalue weighted by Gasteiger charge is 2.41. The van der Waals surface area contributed by atoms with Crippen molar-refractivity contribution in [3.8, 4) is 11.4 Å². The molecular weight excluding hydrogens is 330 g/mol. The monoisotopic (exact) mass is 355 g/mol. The Morgan fingerprint density at radius 3 is 2.88 bits per heavy atom. The Morgan fingerprint density at radius 1 is 1.27 bits per heavy atom. The minimum Gasteiger partial charge on any atom is -0.373 e. The third-order valence-corrected chi connectivity index (χ3v) is 5.36. The van der Waals surface area contributed by atoms with Gasteiger partial charge in [0.05, 0.1) is 23.9 Å². The minimum atomic E-state index is -0.220. The number of ether oxygens (including phenoxy) is 1. The van der Waals surface area contributed by atoms with Crippen molar-refractivity contribution in [2.45, 2.75) is 50.2 Å². The zero-order chi connectivity index (χ0) is 18.0. The molecule has 2 N–H and O–H groups in total. The largest absolute Gasteiger partial charge is 0.373 e. The molecule has 7 nitrogen and oxygen atoms in total. The molecule has 1 unspecified atom stereocenters. The lowest BCUT2D eigenvalue weighted by Crippen LogP contribution is -2.40. The zero-order valence-corrected chi connectivity index (χ0v) is 15.1. The molecule has 1 atom stereocenters. The molecule has 1 saturated carbocycles. The third kappa shape index (κ3) is 3.58. The van der Waals surface area contributed by atoms with Crippen LogP contribution in [-0.4, -0.2) is 39.0 Å². The first-order valence-electron chi connectivity index (χ1n) is 9.31. The summed E-state index contributed by atoms with van der Waals surface area (Å²) in [6.45, 7) is 0.595. The van der Waals surface area contributed by atoms with E-state index in [1.807, 2.05) is 24.3 Å². The molecule has 4 rings (SSSR count). The summed E-state index contributed by atoms with van der Waals surface area (Å²) in [6, 6.07) is 7.35. The van der Waals surface area contributed by atoms with Crippen molar-refractivity contribution in [1.29, 1.82) is 0 Å².